The molecule has 2 aromatic rings. The number of halogens is 1. The first-order chi connectivity index (χ1) is 6.65. The summed E-state index contributed by atoms with van der Waals surface area (Å²) in [6, 6.07) is 0. The van der Waals surface area contributed by atoms with Crippen LogP contribution in [0.15, 0.2) is 11.1 Å². The summed E-state index contributed by atoms with van der Waals surface area (Å²) in [5.41, 5.74) is 0.978. The number of aryl methyl sites for hydroxylation is 2. The molecule has 6 heteroatoms. The number of alkyl halides is 1. The first-order valence-corrected chi connectivity index (χ1v) is 5.20. The fraction of sp³-hybridized carbons (Fsp3) is 0.375. The minimum Gasteiger partial charge on any atom is -0.328 e. The molecule has 2 rings (SSSR count). The lowest BCUT2D eigenvalue weighted by Crippen LogP contribution is -2.17. The van der Waals surface area contributed by atoms with Gasteiger partial charge in [0.2, 0.25) is 0 Å². The Labute approximate surface area is 88.5 Å². The van der Waals surface area contributed by atoms with Crippen LogP contribution in [-0.2, 0) is 19.4 Å². The van der Waals surface area contributed by atoms with E-state index in [-0.39, 0.29) is 5.56 Å². The number of nitrogens with zero attached hydrogens (tertiary/aromatic N) is 4. The molecule has 0 spiro atoms. The van der Waals surface area contributed by atoms with E-state index in [0.717, 1.165) is 0 Å². The van der Waals surface area contributed by atoms with Gasteiger partial charge in [-0.2, -0.15) is 4.98 Å². The Bertz CT molecular complexity index is 542. The van der Waals surface area contributed by atoms with E-state index in [0.29, 0.717) is 22.3 Å². The predicted octanol–water partition coefficient (Wildman–Crippen LogP) is 0.562. The second-order valence-electron chi connectivity index (χ2n) is 3.05. The van der Waals surface area contributed by atoms with Crippen molar-refractivity contribution in [1.29, 1.82) is 0 Å². The van der Waals surface area contributed by atoms with E-state index in [1.54, 1.807) is 17.9 Å². The summed E-state index contributed by atoms with van der Waals surface area (Å²) < 4.78 is 3.49. The average molecular weight is 257 g/mol. The lowest BCUT2D eigenvalue weighted by Gasteiger charge is -2.04. The maximum atomic E-state index is 11.6. The Hall–Kier alpha value is -1.17. The predicted molar refractivity (Wildman–Crippen MR) is 56.4 cm³/mol. The van der Waals surface area contributed by atoms with Crippen LogP contribution in [-0.4, -0.2) is 19.1 Å². The van der Waals surface area contributed by atoms with Crippen LogP contribution in [0.5, 0.6) is 0 Å². The smallest absolute Gasteiger partial charge is 0.299 e. The van der Waals surface area contributed by atoms with Gasteiger partial charge in [-0.3, -0.25) is 4.79 Å². The highest BCUT2D eigenvalue weighted by molar-refractivity contribution is 9.08. The maximum Gasteiger partial charge on any atom is 0.299 e. The van der Waals surface area contributed by atoms with Gasteiger partial charge in [-0.1, -0.05) is 15.9 Å². The van der Waals surface area contributed by atoms with Crippen molar-refractivity contribution in [1.82, 2.24) is 19.1 Å². The topological polar surface area (TPSA) is 52.7 Å². The lowest BCUT2D eigenvalue weighted by molar-refractivity contribution is 0.820. The molecule has 0 amide bonds. The van der Waals surface area contributed by atoms with Crippen LogP contribution in [0.4, 0.5) is 0 Å². The van der Waals surface area contributed by atoms with Crippen molar-refractivity contribution in [3.05, 3.63) is 22.5 Å². The molecule has 5 nitrogen and oxygen atoms in total. The summed E-state index contributed by atoms with van der Waals surface area (Å²) in [5, 5.41) is 0.547. The highest BCUT2D eigenvalue weighted by Crippen LogP contribution is 2.08. The van der Waals surface area contributed by atoms with E-state index >= 15 is 0 Å². The molecular formula is C8H9BrN4O. The van der Waals surface area contributed by atoms with E-state index in [9.17, 15) is 4.79 Å². The van der Waals surface area contributed by atoms with Gasteiger partial charge < -0.3 is 9.13 Å². The molecule has 0 fully saturated rings. The molecule has 0 aliphatic heterocycles. The lowest BCUT2D eigenvalue weighted by atomic mass is 10.5. The molecule has 0 radical (unpaired) electrons. The Kier molecular flexibility index (Phi) is 2.14. The Morgan fingerprint density at radius 2 is 2.21 bits per heavy atom. The molecule has 0 aromatic carbocycles. The third-order valence-corrected chi connectivity index (χ3v) is 2.68. The van der Waals surface area contributed by atoms with Gasteiger partial charge in [0, 0.05) is 14.1 Å². The zero-order chi connectivity index (χ0) is 10.3. The minimum absolute atomic E-state index is 0.229. The highest BCUT2D eigenvalue weighted by atomic mass is 79.9. The van der Waals surface area contributed by atoms with Crippen LogP contribution in [0, 0.1) is 0 Å². The van der Waals surface area contributed by atoms with E-state index in [4.69, 9.17) is 0 Å². The number of hydrogen-bond acceptors (Lipinski definition) is 3. The average Bonchev–Trinajstić information content (AvgIpc) is 2.54. The largest absolute Gasteiger partial charge is 0.328 e. The van der Waals surface area contributed by atoms with Crippen LogP contribution >= 0.6 is 15.9 Å². The van der Waals surface area contributed by atoms with Gasteiger partial charge in [-0.05, 0) is 0 Å². The van der Waals surface area contributed by atoms with Crippen molar-refractivity contribution in [3.63, 3.8) is 0 Å². The van der Waals surface area contributed by atoms with Crippen molar-refractivity contribution in [3.8, 4) is 0 Å². The number of imidazole rings is 1. The van der Waals surface area contributed by atoms with E-state index in [1.165, 1.54) is 0 Å². The highest BCUT2D eigenvalue weighted by Gasteiger charge is 2.10. The molecule has 14 heavy (non-hydrogen) atoms. The second kappa shape index (κ2) is 3.20. The Morgan fingerprint density at radius 3 is 2.86 bits per heavy atom. The molecule has 0 saturated carbocycles. The van der Waals surface area contributed by atoms with Gasteiger partial charge >= 0.3 is 0 Å². The molecule has 2 heterocycles. The first kappa shape index (κ1) is 9.39. The van der Waals surface area contributed by atoms with Crippen LogP contribution in [0.3, 0.4) is 0 Å². The van der Waals surface area contributed by atoms with Gasteiger partial charge in [0.15, 0.2) is 11.2 Å². The molecule has 0 aliphatic carbocycles. The zero-order valence-corrected chi connectivity index (χ0v) is 9.45. The molecule has 0 bridgehead atoms. The quantitative estimate of drug-likeness (QED) is 0.701. The summed E-state index contributed by atoms with van der Waals surface area (Å²) in [6.07, 6.45) is 1.62. The van der Waals surface area contributed by atoms with Gasteiger partial charge in [0.25, 0.3) is 5.56 Å². The molecule has 0 N–H and O–H groups in total. The monoisotopic (exact) mass is 256 g/mol. The first-order valence-electron chi connectivity index (χ1n) is 4.08. The molecule has 0 aliphatic rings. The molecular weight excluding hydrogens is 248 g/mol. The summed E-state index contributed by atoms with van der Waals surface area (Å²) >= 11 is 3.28. The van der Waals surface area contributed by atoms with Crippen molar-refractivity contribution in [2.24, 2.45) is 14.1 Å². The normalized spacial score (nSPS) is 11.1. The second-order valence-corrected chi connectivity index (χ2v) is 3.61. The zero-order valence-electron chi connectivity index (χ0n) is 7.86. The fourth-order valence-electron chi connectivity index (χ4n) is 1.40. The summed E-state index contributed by atoms with van der Waals surface area (Å²) in [4.78, 5) is 19.7. The fourth-order valence-corrected chi connectivity index (χ4v) is 1.90. The van der Waals surface area contributed by atoms with Gasteiger partial charge in [0.05, 0.1) is 11.7 Å². The van der Waals surface area contributed by atoms with Gasteiger partial charge in [-0.15, -0.1) is 0 Å². The Morgan fingerprint density at radius 1 is 1.50 bits per heavy atom. The molecule has 74 valence electrons. The van der Waals surface area contributed by atoms with E-state index in [2.05, 4.69) is 25.9 Å². The maximum absolute atomic E-state index is 11.6. The Balaban J connectivity index is 2.97. The number of rotatable bonds is 1. The van der Waals surface area contributed by atoms with Crippen molar-refractivity contribution >= 4 is 27.1 Å². The number of aromatic nitrogens is 4. The summed E-state index contributed by atoms with van der Waals surface area (Å²) in [6.45, 7) is 0. The minimum atomic E-state index is -0.229. The standard InChI is InChI=1S/C8H9BrN4O/c1-12-4-10-7-6(12)8(14)11-5(3-9)13(7)2/h4H,3H2,1-2H3. The SMILES string of the molecule is Cn1cnc2c1c(=O)nc(CBr)n2C. The van der Waals surface area contributed by atoms with E-state index in [1.807, 2.05) is 11.6 Å². The van der Waals surface area contributed by atoms with Crippen LogP contribution in [0.1, 0.15) is 5.82 Å². The van der Waals surface area contributed by atoms with Crippen LogP contribution in [0.25, 0.3) is 11.2 Å². The molecule has 0 saturated heterocycles. The van der Waals surface area contributed by atoms with Crippen LogP contribution < -0.4 is 5.56 Å². The third-order valence-electron chi connectivity index (χ3n) is 2.18. The van der Waals surface area contributed by atoms with Gasteiger partial charge in [-0.25, -0.2) is 4.98 Å². The third kappa shape index (κ3) is 1.18. The summed E-state index contributed by atoms with van der Waals surface area (Å²) in [7, 11) is 3.63. The molecule has 0 unspecified atom stereocenters. The summed E-state index contributed by atoms with van der Waals surface area (Å²) in [5.74, 6) is 0.682. The van der Waals surface area contributed by atoms with E-state index < -0.39 is 0 Å². The van der Waals surface area contributed by atoms with Crippen molar-refractivity contribution in [2.45, 2.75) is 5.33 Å². The molecule has 0 atom stereocenters. The van der Waals surface area contributed by atoms with Crippen LogP contribution in [0.2, 0.25) is 0 Å². The van der Waals surface area contributed by atoms with Crippen molar-refractivity contribution in [2.75, 3.05) is 0 Å². The molecule has 2 aromatic heterocycles. The number of hydrogen-bond donors (Lipinski definition) is 0. The van der Waals surface area contributed by atoms with Crippen molar-refractivity contribution < 1.29 is 0 Å². The van der Waals surface area contributed by atoms with Gasteiger partial charge in [0.1, 0.15) is 5.82 Å². The number of fused-ring (bicyclic) bond motifs is 1.